The molecule has 3 aromatic rings. The second kappa shape index (κ2) is 9.00. The molecule has 0 aliphatic carbocycles. The van der Waals surface area contributed by atoms with Gasteiger partial charge in [-0.3, -0.25) is 9.52 Å². The van der Waals surface area contributed by atoms with E-state index in [0.29, 0.717) is 19.0 Å². The Labute approximate surface area is 186 Å². The van der Waals surface area contributed by atoms with Gasteiger partial charge in [0.25, 0.3) is 15.9 Å². The lowest BCUT2D eigenvalue weighted by molar-refractivity contribution is 0.0712. The first-order valence-electron chi connectivity index (χ1n) is 10.3. The maximum Gasteiger partial charge on any atom is 0.262 e. The van der Waals surface area contributed by atoms with Crippen LogP contribution in [0.3, 0.4) is 0 Å². The Bertz CT molecular complexity index is 1220. The summed E-state index contributed by atoms with van der Waals surface area (Å²) in [6, 6.07) is 18.4. The maximum atomic E-state index is 13.9. The summed E-state index contributed by atoms with van der Waals surface area (Å²) < 4.78 is 41.5. The van der Waals surface area contributed by atoms with E-state index in [4.69, 9.17) is 0 Å². The van der Waals surface area contributed by atoms with Crippen molar-refractivity contribution in [1.82, 2.24) is 4.90 Å². The van der Waals surface area contributed by atoms with Crippen molar-refractivity contribution in [3.8, 4) is 5.75 Å². The number of rotatable bonds is 5. The Morgan fingerprint density at radius 2 is 1.66 bits per heavy atom. The highest BCUT2D eigenvalue weighted by molar-refractivity contribution is 7.92. The summed E-state index contributed by atoms with van der Waals surface area (Å²) in [5, 5.41) is 9.45. The zero-order chi connectivity index (χ0) is 22.7. The molecule has 0 saturated carbocycles. The monoisotopic (exact) mass is 454 g/mol. The predicted molar refractivity (Wildman–Crippen MR) is 120 cm³/mol. The fourth-order valence-corrected chi connectivity index (χ4v) is 5.00. The number of phenols is 1. The van der Waals surface area contributed by atoms with Gasteiger partial charge in [0.2, 0.25) is 0 Å². The molecular weight excluding hydrogens is 431 g/mol. The fourth-order valence-electron chi connectivity index (χ4n) is 3.89. The smallest absolute Gasteiger partial charge is 0.262 e. The van der Waals surface area contributed by atoms with E-state index in [-0.39, 0.29) is 27.8 Å². The predicted octanol–water partition coefficient (Wildman–Crippen LogP) is 4.35. The molecule has 0 unspecified atom stereocenters. The second-order valence-electron chi connectivity index (χ2n) is 7.77. The number of nitrogens with zero attached hydrogens (tertiary/aromatic N) is 1. The average molecular weight is 455 g/mol. The molecule has 3 aromatic carbocycles. The summed E-state index contributed by atoms with van der Waals surface area (Å²) in [7, 11) is -4.05. The van der Waals surface area contributed by atoms with Gasteiger partial charge in [-0.15, -0.1) is 0 Å². The molecule has 0 atom stereocenters. The first-order valence-corrected chi connectivity index (χ1v) is 11.8. The molecular formula is C24H23FN2O4S. The molecule has 166 valence electrons. The van der Waals surface area contributed by atoms with Gasteiger partial charge in [-0.1, -0.05) is 30.3 Å². The van der Waals surface area contributed by atoms with Crippen LogP contribution < -0.4 is 4.72 Å². The van der Waals surface area contributed by atoms with Crippen LogP contribution in [-0.2, 0) is 10.0 Å². The number of hydrogen-bond acceptors (Lipinski definition) is 4. The number of aromatic hydroxyl groups is 1. The van der Waals surface area contributed by atoms with Gasteiger partial charge in [-0.25, -0.2) is 12.8 Å². The number of amides is 1. The van der Waals surface area contributed by atoms with Gasteiger partial charge >= 0.3 is 0 Å². The molecule has 0 bridgehead atoms. The lowest BCUT2D eigenvalue weighted by atomic mass is 9.89. The van der Waals surface area contributed by atoms with Crippen molar-refractivity contribution in [3.05, 3.63) is 89.7 Å². The third kappa shape index (κ3) is 4.75. The fraction of sp³-hybridized carbons (Fsp3) is 0.208. The number of nitrogens with one attached hydrogen (secondary N) is 1. The van der Waals surface area contributed by atoms with E-state index in [1.165, 1.54) is 42.5 Å². The first kappa shape index (κ1) is 21.8. The quantitative estimate of drug-likeness (QED) is 0.600. The molecule has 8 heteroatoms. The van der Waals surface area contributed by atoms with Gasteiger partial charge < -0.3 is 10.0 Å². The largest absolute Gasteiger partial charge is 0.508 e. The van der Waals surface area contributed by atoms with Crippen LogP contribution in [-0.4, -0.2) is 37.4 Å². The number of hydrogen-bond donors (Lipinski definition) is 2. The Balaban J connectivity index is 1.46. The third-order valence-corrected chi connectivity index (χ3v) is 7.02. The SMILES string of the molecule is O=C(c1cccc(S(=O)(=O)Nc2ccccc2F)c1)N1CCC(c2ccc(O)cc2)CC1. The highest BCUT2D eigenvalue weighted by Crippen LogP contribution is 2.30. The van der Waals surface area contributed by atoms with Gasteiger partial charge in [-0.2, -0.15) is 0 Å². The number of para-hydroxylation sites is 1. The zero-order valence-corrected chi connectivity index (χ0v) is 18.1. The average Bonchev–Trinajstić information content (AvgIpc) is 2.81. The molecule has 1 fully saturated rings. The van der Waals surface area contributed by atoms with Crippen molar-refractivity contribution < 1.29 is 22.7 Å². The van der Waals surface area contributed by atoms with Crippen molar-refractivity contribution >= 4 is 21.6 Å². The summed E-state index contributed by atoms with van der Waals surface area (Å²) in [6.07, 6.45) is 1.56. The minimum absolute atomic E-state index is 0.106. The molecule has 2 N–H and O–H groups in total. The third-order valence-electron chi connectivity index (χ3n) is 5.66. The van der Waals surface area contributed by atoms with Gasteiger partial charge in [0.05, 0.1) is 10.6 Å². The van der Waals surface area contributed by atoms with Crippen molar-refractivity contribution in [2.24, 2.45) is 0 Å². The van der Waals surface area contributed by atoms with Gasteiger partial charge in [0.15, 0.2) is 0 Å². The molecule has 0 spiro atoms. The molecule has 32 heavy (non-hydrogen) atoms. The van der Waals surface area contributed by atoms with Crippen molar-refractivity contribution in [2.75, 3.05) is 17.8 Å². The highest BCUT2D eigenvalue weighted by atomic mass is 32.2. The van der Waals surface area contributed by atoms with E-state index >= 15 is 0 Å². The van der Waals surface area contributed by atoms with Gasteiger partial charge in [-0.05, 0) is 66.8 Å². The number of likely N-dealkylation sites (tertiary alicyclic amines) is 1. The van der Waals surface area contributed by atoms with Crippen LogP contribution in [0.5, 0.6) is 5.75 Å². The van der Waals surface area contributed by atoms with Gasteiger partial charge in [0.1, 0.15) is 11.6 Å². The van der Waals surface area contributed by atoms with Gasteiger partial charge in [0, 0.05) is 18.7 Å². The number of phenolic OH excluding ortho intramolecular Hbond substituents is 1. The summed E-state index contributed by atoms with van der Waals surface area (Å²) in [4.78, 5) is 14.6. The molecule has 1 aliphatic rings. The van der Waals surface area contributed by atoms with E-state index in [1.807, 2.05) is 12.1 Å². The normalized spacial score (nSPS) is 14.8. The van der Waals surface area contributed by atoms with E-state index in [0.717, 1.165) is 18.4 Å². The van der Waals surface area contributed by atoms with Crippen LogP contribution in [0.4, 0.5) is 10.1 Å². The van der Waals surface area contributed by atoms with Crippen molar-refractivity contribution in [1.29, 1.82) is 0 Å². The summed E-state index contributed by atoms with van der Waals surface area (Å²) in [5.41, 5.74) is 1.24. The first-order chi connectivity index (χ1) is 15.3. The number of piperidine rings is 1. The van der Waals surface area contributed by atoms with Crippen LogP contribution in [0.25, 0.3) is 0 Å². The molecule has 1 heterocycles. The Kier molecular flexibility index (Phi) is 6.14. The second-order valence-corrected chi connectivity index (χ2v) is 9.45. The number of sulfonamides is 1. The summed E-state index contributed by atoms with van der Waals surface area (Å²) >= 11 is 0. The summed E-state index contributed by atoms with van der Waals surface area (Å²) in [6.45, 7) is 1.10. The van der Waals surface area contributed by atoms with Crippen LogP contribution in [0.15, 0.2) is 77.7 Å². The molecule has 0 aromatic heterocycles. The van der Waals surface area contributed by atoms with E-state index in [1.54, 1.807) is 23.1 Å². The molecule has 0 radical (unpaired) electrons. The van der Waals surface area contributed by atoms with E-state index in [9.17, 15) is 22.7 Å². The Hall–Kier alpha value is -3.39. The molecule has 6 nitrogen and oxygen atoms in total. The molecule has 1 aliphatic heterocycles. The lowest BCUT2D eigenvalue weighted by Gasteiger charge is -2.32. The number of carbonyl (C=O) groups excluding carboxylic acids is 1. The van der Waals surface area contributed by atoms with Crippen LogP contribution in [0.2, 0.25) is 0 Å². The zero-order valence-electron chi connectivity index (χ0n) is 17.2. The highest BCUT2D eigenvalue weighted by Gasteiger charge is 2.26. The van der Waals surface area contributed by atoms with E-state index in [2.05, 4.69) is 4.72 Å². The molecule has 4 rings (SSSR count). The minimum Gasteiger partial charge on any atom is -0.508 e. The van der Waals surface area contributed by atoms with Crippen molar-refractivity contribution in [2.45, 2.75) is 23.7 Å². The van der Waals surface area contributed by atoms with Crippen LogP contribution in [0, 0.1) is 5.82 Å². The van der Waals surface area contributed by atoms with Crippen molar-refractivity contribution in [3.63, 3.8) is 0 Å². The standard InChI is InChI=1S/C24H23FN2O4S/c25-22-6-1-2-7-23(22)26-32(30,31)21-5-3-4-19(16-21)24(29)27-14-12-18(13-15-27)17-8-10-20(28)11-9-17/h1-11,16,18,26,28H,12-15H2. The molecule has 1 amide bonds. The number of halogens is 1. The summed E-state index contributed by atoms with van der Waals surface area (Å²) in [5.74, 6) is -0.395. The van der Waals surface area contributed by atoms with Crippen LogP contribution in [0.1, 0.15) is 34.7 Å². The number of benzene rings is 3. The maximum absolute atomic E-state index is 13.9. The Morgan fingerprint density at radius 1 is 0.969 bits per heavy atom. The topological polar surface area (TPSA) is 86.7 Å². The molecule has 1 saturated heterocycles. The minimum atomic E-state index is -4.05. The lowest BCUT2D eigenvalue weighted by Crippen LogP contribution is -2.38. The van der Waals surface area contributed by atoms with Crippen LogP contribution >= 0.6 is 0 Å². The number of anilines is 1. The Morgan fingerprint density at radius 3 is 2.34 bits per heavy atom. The van der Waals surface area contributed by atoms with E-state index < -0.39 is 15.8 Å². The number of carbonyl (C=O) groups is 1.